The minimum atomic E-state index is -0.748. The van der Waals surface area contributed by atoms with E-state index in [4.69, 9.17) is 4.74 Å². The Hall–Kier alpha value is -3.34. The number of para-hydroxylation sites is 1. The van der Waals surface area contributed by atoms with Gasteiger partial charge in [-0.3, -0.25) is 9.78 Å². The number of rotatable bonds is 4. The summed E-state index contributed by atoms with van der Waals surface area (Å²) in [4.78, 5) is 20.9. The second-order valence-corrected chi connectivity index (χ2v) is 7.07. The van der Waals surface area contributed by atoms with Crippen LogP contribution in [0, 0.1) is 0 Å². The largest absolute Gasteiger partial charge is 0.497 e. The summed E-state index contributed by atoms with van der Waals surface area (Å²) in [6, 6.07) is 15.5. The Kier molecular flexibility index (Phi) is 4.07. The molecular formula is C22H21N3O2. The van der Waals surface area contributed by atoms with E-state index < -0.39 is 5.41 Å². The number of nitrogens with zero attached hydrogens (tertiary/aromatic N) is 1. The zero-order valence-corrected chi connectivity index (χ0v) is 15.5. The normalized spacial score (nSPS) is 11.7. The first-order valence-corrected chi connectivity index (χ1v) is 8.81. The average Bonchev–Trinajstić information content (AvgIpc) is 3.12. The molecule has 0 spiro atoms. The van der Waals surface area contributed by atoms with Crippen LogP contribution in [-0.4, -0.2) is 23.0 Å². The fourth-order valence-corrected chi connectivity index (χ4v) is 3.35. The number of hydrogen-bond donors (Lipinski definition) is 2. The summed E-state index contributed by atoms with van der Waals surface area (Å²) in [7, 11) is 1.64. The van der Waals surface area contributed by atoms with Crippen molar-refractivity contribution >= 4 is 33.4 Å². The van der Waals surface area contributed by atoms with Gasteiger partial charge in [0.15, 0.2) is 0 Å². The molecule has 1 amide bonds. The maximum atomic E-state index is 13.2. The van der Waals surface area contributed by atoms with Gasteiger partial charge in [0.1, 0.15) is 5.75 Å². The number of H-pyrrole nitrogens is 1. The molecule has 0 saturated carbocycles. The van der Waals surface area contributed by atoms with Gasteiger partial charge in [-0.2, -0.15) is 0 Å². The van der Waals surface area contributed by atoms with Crippen LogP contribution < -0.4 is 10.1 Å². The van der Waals surface area contributed by atoms with E-state index in [1.165, 1.54) is 0 Å². The van der Waals surface area contributed by atoms with Crippen LogP contribution in [-0.2, 0) is 10.2 Å². The minimum absolute atomic E-state index is 0.0932. The van der Waals surface area contributed by atoms with Crippen molar-refractivity contribution in [2.24, 2.45) is 0 Å². The Morgan fingerprint density at radius 3 is 2.78 bits per heavy atom. The molecule has 0 radical (unpaired) electrons. The number of aromatic amines is 1. The number of anilines is 1. The van der Waals surface area contributed by atoms with Crippen molar-refractivity contribution in [2.75, 3.05) is 12.4 Å². The van der Waals surface area contributed by atoms with Gasteiger partial charge in [-0.25, -0.2) is 0 Å². The van der Waals surface area contributed by atoms with Crippen molar-refractivity contribution in [3.05, 3.63) is 66.5 Å². The standard InChI is InChI=1S/C22H21N3O2/c1-22(2,17-13-24-18-10-9-15(27-3)12-16(17)18)21(26)25-19-8-4-6-14-7-5-11-23-20(14)19/h4-13,24H,1-3H3,(H,25,26). The van der Waals surface area contributed by atoms with Crippen LogP contribution in [0.2, 0.25) is 0 Å². The zero-order valence-electron chi connectivity index (χ0n) is 15.5. The first kappa shape index (κ1) is 17.1. The van der Waals surface area contributed by atoms with Crippen molar-refractivity contribution in [1.82, 2.24) is 9.97 Å². The summed E-state index contributed by atoms with van der Waals surface area (Å²) in [6.07, 6.45) is 3.63. The van der Waals surface area contributed by atoms with Crippen LogP contribution in [0.25, 0.3) is 21.8 Å². The second kappa shape index (κ2) is 6.43. The Balaban J connectivity index is 1.72. The van der Waals surface area contributed by atoms with Crippen LogP contribution in [0.5, 0.6) is 5.75 Å². The van der Waals surface area contributed by atoms with Crippen molar-refractivity contribution < 1.29 is 9.53 Å². The highest BCUT2D eigenvalue weighted by Crippen LogP contribution is 2.34. The van der Waals surface area contributed by atoms with E-state index in [0.717, 1.165) is 33.1 Å². The molecule has 0 atom stereocenters. The van der Waals surface area contributed by atoms with Gasteiger partial charge in [-0.1, -0.05) is 18.2 Å². The summed E-state index contributed by atoms with van der Waals surface area (Å²) >= 11 is 0. The first-order chi connectivity index (χ1) is 13.0. The topological polar surface area (TPSA) is 67.0 Å². The number of carbonyl (C=O) groups excluding carboxylic acids is 1. The lowest BCUT2D eigenvalue weighted by Crippen LogP contribution is -2.34. The van der Waals surface area contributed by atoms with Gasteiger partial charge in [-0.05, 0) is 49.7 Å². The van der Waals surface area contributed by atoms with Gasteiger partial charge in [-0.15, -0.1) is 0 Å². The number of aromatic nitrogens is 2. The van der Waals surface area contributed by atoms with Crippen molar-refractivity contribution in [2.45, 2.75) is 19.3 Å². The summed E-state index contributed by atoms with van der Waals surface area (Å²) in [5.41, 5.74) is 2.63. The molecule has 0 saturated heterocycles. The molecule has 2 heterocycles. The SMILES string of the molecule is COc1ccc2[nH]cc(C(C)(C)C(=O)Nc3cccc4cccnc34)c2c1. The van der Waals surface area contributed by atoms with Gasteiger partial charge >= 0.3 is 0 Å². The van der Waals surface area contributed by atoms with E-state index in [1.54, 1.807) is 13.3 Å². The Morgan fingerprint density at radius 1 is 1.15 bits per heavy atom. The van der Waals surface area contributed by atoms with Crippen molar-refractivity contribution in [1.29, 1.82) is 0 Å². The third-order valence-corrected chi connectivity index (χ3v) is 5.01. The average molecular weight is 359 g/mol. The molecule has 136 valence electrons. The van der Waals surface area contributed by atoms with E-state index >= 15 is 0 Å². The molecule has 2 aromatic carbocycles. The lowest BCUT2D eigenvalue weighted by Gasteiger charge is -2.24. The lowest BCUT2D eigenvalue weighted by atomic mass is 9.83. The number of nitrogens with one attached hydrogen (secondary N) is 2. The second-order valence-electron chi connectivity index (χ2n) is 7.07. The third-order valence-electron chi connectivity index (χ3n) is 5.01. The molecule has 2 aromatic heterocycles. The molecule has 0 fully saturated rings. The highest BCUT2D eigenvalue weighted by atomic mass is 16.5. The molecule has 27 heavy (non-hydrogen) atoms. The number of carbonyl (C=O) groups is 1. The molecule has 0 aliphatic carbocycles. The number of benzene rings is 2. The number of methoxy groups -OCH3 is 1. The lowest BCUT2D eigenvalue weighted by molar-refractivity contribution is -0.120. The zero-order chi connectivity index (χ0) is 19.0. The molecule has 5 heteroatoms. The molecule has 0 bridgehead atoms. The molecular weight excluding hydrogens is 338 g/mol. The molecule has 0 aliphatic rings. The summed E-state index contributed by atoms with van der Waals surface area (Å²) in [6.45, 7) is 3.84. The first-order valence-electron chi connectivity index (χ1n) is 8.81. The van der Waals surface area contributed by atoms with Crippen LogP contribution in [0.4, 0.5) is 5.69 Å². The van der Waals surface area contributed by atoms with Gasteiger partial charge in [0.05, 0.1) is 23.7 Å². The Morgan fingerprint density at radius 2 is 1.96 bits per heavy atom. The maximum Gasteiger partial charge on any atom is 0.234 e. The third kappa shape index (κ3) is 2.91. The van der Waals surface area contributed by atoms with Crippen molar-refractivity contribution in [3.63, 3.8) is 0 Å². The van der Waals surface area contributed by atoms with E-state index in [2.05, 4.69) is 15.3 Å². The molecule has 0 unspecified atom stereocenters. The highest BCUT2D eigenvalue weighted by molar-refractivity contribution is 6.06. The Bertz CT molecular complexity index is 1140. The van der Waals surface area contributed by atoms with Gasteiger partial charge < -0.3 is 15.0 Å². The van der Waals surface area contributed by atoms with Gasteiger partial charge in [0, 0.05) is 28.7 Å². The molecule has 4 rings (SSSR count). The number of hydrogen-bond acceptors (Lipinski definition) is 3. The number of fused-ring (bicyclic) bond motifs is 2. The van der Waals surface area contributed by atoms with Gasteiger partial charge in [0.25, 0.3) is 0 Å². The quantitative estimate of drug-likeness (QED) is 0.558. The van der Waals surface area contributed by atoms with Crippen molar-refractivity contribution in [3.8, 4) is 5.75 Å². The van der Waals surface area contributed by atoms with Crippen LogP contribution in [0.1, 0.15) is 19.4 Å². The predicted octanol–water partition coefficient (Wildman–Crippen LogP) is 4.64. The van der Waals surface area contributed by atoms with E-state index in [0.29, 0.717) is 5.69 Å². The van der Waals surface area contributed by atoms with Crippen LogP contribution in [0.3, 0.4) is 0 Å². The molecule has 4 aromatic rings. The monoisotopic (exact) mass is 359 g/mol. The minimum Gasteiger partial charge on any atom is -0.497 e. The predicted molar refractivity (Wildman–Crippen MR) is 108 cm³/mol. The van der Waals surface area contributed by atoms with Crippen LogP contribution in [0.15, 0.2) is 60.9 Å². The smallest absolute Gasteiger partial charge is 0.234 e. The molecule has 2 N–H and O–H groups in total. The highest BCUT2D eigenvalue weighted by Gasteiger charge is 2.32. The summed E-state index contributed by atoms with van der Waals surface area (Å²) < 4.78 is 5.34. The molecule has 0 aliphatic heterocycles. The fraction of sp³-hybridized carbons (Fsp3) is 0.182. The Labute approximate surface area is 157 Å². The number of amides is 1. The number of pyridine rings is 1. The van der Waals surface area contributed by atoms with E-state index in [9.17, 15) is 4.79 Å². The maximum absolute atomic E-state index is 13.2. The van der Waals surface area contributed by atoms with Gasteiger partial charge in [0.2, 0.25) is 5.91 Å². The molecule has 5 nitrogen and oxygen atoms in total. The van der Waals surface area contributed by atoms with E-state index in [-0.39, 0.29) is 5.91 Å². The van der Waals surface area contributed by atoms with E-state index in [1.807, 2.05) is 68.6 Å². The fourth-order valence-electron chi connectivity index (χ4n) is 3.35. The summed E-state index contributed by atoms with van der Waals surface area (Å²) in [5.74, 6) is 0.669. The summed E-state index contributed by atoms with van der Waals surface area (Å²) in [5, 5.41) is 5.03. The van der Waals surface area contributed by atoms with Crippen LogP contribution >= 0.6 is 0 Å². The number of ether oxygens (including phenoxy) is 1.